The third-order valence-corrected chi connectivity index (χ3v) is 6.23. The molecule has 6 nitrogen and oxygen atoms in total. The van der Waals surface area contributed by atoms with Crippen LogP contribution in [0.3, 0.4) is 0 Å². The Balaban J connectivity index is 1.38. The van der Waals surface area contributed by atoms with Crippen LogP contribution in [0.15, 0.2) is 24.3 Å². The van der Waals surface area contributed by atoms with Crippen molar-refractivity contribution >= 4 is 11.8 Å². The lowest BCUT2D eigenvalue weighted by Gasteiger charge is -2.36. The van der Waals surface area contributed by atoms with Gasteiger partial charge in [-0.3, -0.25) is 15.0 Å². The van der Waals surface area contributed by atoms with E-state index in [1.54, 1.807) is 4.90 Å². The maximum atomic E-state index is 12.8. The average Bonchev–Trinajstić information content (AvgIpc) is 3.31. The highest BCUT2D eigenvalue weighted by Gasteiger charge is 2.42. The molecule has 3 atom stereocenters. The average molecular weight is 410 g/mol. The number of benzene rings is 1. The molecule has 3 fully saturated rings. The van der Waals surface area contributed by atoms with E-state index in [9.17, 15) is 22.8 Å². The van der Waals surface area contributed by atoms with Crippen molar-refractivity contribution in [3.63, 3.8) is 0 Å². The lowest BCUT2D eigenvalue weighted by atomic mass is 9.85. The van der Waals surface area contributed by atoms with E-state index < -0.39 is 11.7 Å². The van der Waals surface area contributed by atoms with Gasteiger partial charge in [-0.2, -0.15) is 13.2 Å². The molecular formula is C20H25F3N4O2. The van der Waals surface area contributed by atoms with E-state index in [2.05, 4.69) is 10.9 Å². The third-order valence-electron chi connectivity index (χ3n) is 6.23. The molecule has 4 rings (SSSR count). The fraction of sp³-hybridized carbons (Fsp3) is 0.600. The molecule has 0 radical (unpaired) electrons. The van der Waals surface area contributed by atoms with Gasteiger partial charge in [0.1, 0.15) is 0 Å². The fourth-order valence-electron chi connectivity index (χ4n) is 4.57. The number of nitrogens with one attached hydrogen (secondary N) is 2. The van der Waals surface area contributed by atoms with Crippen LogP contribution in [0.5, 0.6) is 0 Å². The first kappa shape index (κ1) is 20.2. The van der Waals surface area contributed by atoms with Gasteiger partial charge in [0, 0.05) is 51.0 Å². The van der Waals surface area contributed by atoms with Crippen LogP contribution >= 0.6 is 0 Å². The fourth-order valence-corrected chi connectivity index (χ4v) is 4.57. The molecule has 29 heavy (non-hydrogen) atoms. The lowest BCUT2D eigenvalue weighted by Crippen LogP contribution is -2.48. The molecule has 3 aliphatic heterocycles. The molecule has 0 spiro atoms. The van der Waals surface area contributed by atoms with E-state index in [1.165, 1.54) is 12.1 Å². The number of rotatable bonds is 4. The number of carbonyl (C=O) groups is 2. The van der Waals surface area contributed by atoms with Crippen LogP contribution in [-0.2, 0) is 15.8 Å². The van der Waals surface area contributed by atoms with Gasteiger partial charge in [-0.1, -0.05) is 12.1 Å². The number of carbonyl (C=O) groups excluding carboxylic acids is 2. The molecule has 2 amide bonds. The molecule has 0 bridgehead atoms. The highest BCUT2D eigenvalue weighted by Crippen LogP contribution is 2.35. The second kappa shape index (κ2) is 7.95. The van der Waals surface area contributed by atoms with E-state index in [4.69, 9.17) is 0 Å². The zero-order valence-corrected chi connectivity index (χ0v) is 16.0. The van der Waals surface area contributed by atoms with Crippen LogP contribution in [0.25, 0.3) is 0 Å². The van der Waals surface area contributed by atoms with Crippen LogP contribution < -0.4 is 10.9 Å². The standard InChI is InChI=1S/C20H25F3N4O2/c21-20(22,23)14-5-3-13(4-6-14)19-15-12-27(10-7-16(15)24-25-19)18(29)8-11-26-9-1-2-17(26)28/h3-6,15-16,19,24-25H,1-2,7-12H2. The minimum atomic E-state index is -4.35. The molecule has 158 valence electrons. The van der Waals surface area contributed by atoms with E-state index in [1.807, 2.05) is 4.90 Å². The van der Waals surface area contributed by atoms with E-state index in [0.29, 0.717) is 32.5 Å². The number of fused-ring (bicyclic) bond motifs is 1. The SMILES string of the molecule is O=C1CCCN1CCC(=O)N1CCC2NNC(c3ccc(C(F)(F)F)cc3)C2C1. The predicted octanol–water partition coefficient (Wildman–Crippen LogP) is 2.08. The topological polar surface area (TPSA) is 64.7 Å². The second-order valence-electron chi connectivity index (χ2n) is 8.02. The smallest absolute Gasteiger partial charge is 0.342 e. The summed E-state index contributed by atoms with van der Waals surface area (Å²) in [5.74, 6) is 0.224. The molecule has 2 N–H and O–H groups in total. The molecule has 3 unspecified atom stereocenters. The quantitative estimate of drug-likeness (QED) is 0.798. The van der Waals surface area contributed by atoms with Crippen molar-refractivity contribution in [2.75, 3.05) is 26.2 Å². The number of piperidine rings is 1. The van der Waals surface area contributed by atoms with Gasteiger partial charge in [-0.05, 0) is 30.5 Å². The van der Waals surface area contributed by atoms with Crippen LogP contribution in [0.2, 0.25) is 0 Å². The van der Waals surface area contributed by atoms with Crippen LogP contribution in [-0.4, -0.2) is 53.8 Å². The summed E-state index contributed by atoms with van der Waals surface area (Å²) in [6.45, 7) is 2.37. The molecular weight excluding hydrogens is 385 g/mol. The first-order valence-corrected chi connectivity index (χ1v) is 10.1. The number of halogens is 3. The second-order valence-corrected chi connectivity index (χ2v) is 8.02. The molecule has 1 aromatic carbocycles. The minimum absolute atomic E-state index is 0.0289. The first-order chi connectivity index (χ1) is 13.8. The highest BCUT2D eigenvalue weighted by molar-refractivity contribution is 5.80. The Morgan fingerprint density at radius 3 is 2.55 bits per heavy atom. The summed E-state index contributed by atoms with van der Waals surface area (Å²) in [6, 6.07) is 5.23. The van der Waals surface area contributed by atoms with Crippen molar-refractivity contribution in [2.24, 2.45) is 5.92 Å². The largest absolute Gasteiger partial charge is 0.416 e. The van der Waals surface area contributed by atoms with Gasteiger partial charge in [0.2, 0.25) is 11.8 Å². The monoisotopic (exact) mass is 410 g/mol. The van der Waals surface area contributed by atoms with Crippen molar-refractivity contribution in [2.45, 2.75) is 43.9 Å². The molecule has 3 heterocycles. The number of hydrazine groups is 1. The lowest BCUT2D eigenvalue weighted by molar-refractivity contribution is -0.138. The maximum Gasteiger partial charge on any atom is 0.416 e. The molecule has 0 aliphatic carbocycles. The Morgan fingerprint density at radius 1 is 1.14 bits per heavy atom. The maximum absolute atomic E-state index is 12.8. The Morgan fingerprint density at radius 2 is 1.90 bits per heavy atom. The summed E-state index contributed by atoms with van der Waals surface area (Å²) in [5, 5.41) is 0. The Kier molecular flexibility index (Phi) is 5.52. The number of hydrogen-bond donors (Lipinski definition) is 2. The number of hydrogen-bond acceptors (Lipinski definition) is 4. The summed E-state index contributed by atoms with van der Waals surface area (Å²) >= 11 is 0. The third kappa shape index (κ3) is 4.25. The Bertz CT molecular complexity index is 768. The molecule has 0 aromatic heterocycles. The van der Waals surface area contributed by atoms with Gasteiger partial charge in [0.25, 0.3) is 0 Å². The van der Waals surface area contributed by atoms with Crippen molar-refractivity contribution in [1.29, 1.82) is 0 Å². The summed E-state index contributed by atoms with van der Waals surface area (Å²) in [6.07, 6.45) is -1.84. The van der Waals surface area contributed by atoms with E-state index in [-0.39, 0.29) is 29.8 Å². The normalized spacial score (nSPS) is 27.4. The minimum Gasteiger partial charge on any atom is -0.342 e. The Hall–Kier alpha value is -2.13. The number of alkyl halides is 3. The van der Waals surface area contributed by atoms with Crippen molar-refractivity contribution in [1.82, 2.24) is 20.7 Å². The number of nitrogens with zero attached hydrogens (tertiary/aromatic N) is 2. The number of likely N-dealkylation sites (tertiary alicyclic amines) is 2. The van der Waals surface area contributed by atoms with Crippen molar-refractivity contribution in [3.05, 3.63) is 35.4 Å². The molecule has 3 aliphatic rings. The zero-order chi connectivity index (χ0) is 20.6. The van der Waals surface area contributed by atoms with E-state index >= 15 is 0 Å². The van der Waals surface area contributed by atoms with Crippen LogP contribution in [0.4, 0.5) is 13.2 Å². The van der Waals surface area contributed by atoms with Gasteiger partial charge in [-0.15, -0.1) is 0 Å². The summed E-state index contributed by atoms with van der Waals surface area (Å²) in [5.41, 5.74) is 6.53. The number of amides is 2. The zero-order valence-electron chi connectivity index (χ0n) is 16.0. The molecule has 0 saturated carbocycles. The van der Waals surface area contributed by atoms with Gasteiger partial charge in [0.15, 0.2) is 0 Å². The highest BCUT2D eigenvalue weighted by atomic mass is 19.4. The summed E-state index contributed by atoms with van der Waals surface area (Å²) in [7, 11) is 0. The van der Waals surface area contributed by atoms with Gasteiger partial charge in [-0.25, -0.2) is 5.43 Å². The van der Waals surface area contributed by atoms with Crippen LogP contribution in [0.1, 0.15) is 42.9 Å². The van der Waals surface area contributed by atoms with Crippen molar-refractivity contribution in [3.8, 4) is 0 Å². The van der Waals surface area contributed by atoms with Crippen LogP contribution in [0, 0.1) is 5.92 Å². The molecule has 9 heteroatoms. The predicted molar refractivity (Wildman–Crippen MR) is 99.4 cm³/mol. The van der Waals surface area contributed by atoms with Gasteiger partial charge < -0.3 is 9.80 Å². The first-order valence-electron chi connectivity index (χ1n) is 10.1. The molecule has 3 saturated heterocycles. The van der Waals surface area contributed by atoms with E-state index in [0.717, 1.165) is 37.1 Å². The van der Waals surface area contributed by atoms with Crippen molar-refractivity contribution < 1.29 is 22.8 Å². The Labute approximate surface area is 167 Å². The molecule has 1 aromatic rings. The summed E-state index contributed by atoms with van der Waals surface area (Å²) < 4.78 is 38.5. The summed E-state index contributed by atoms with van der Waals surface area (Å²) in [4.78, 5) is 28.0. The van der Waals surface area contributed by atoms with Gasteiger partial charge in [0.05, 0.1) is 11.6 Å². The van der Waals surface area contributed by atoms with Gasteiger partial charge >= 0.3 is 6.18 Å².